The molecule has 0 aromatic heterocycles. The minimum Gasteiger partial charge on any atom is -0.381 e. The average Bonchev–Trinajstić information content (AvgIpc) is 2.40. The van der Waals surface area contributed by atoms with Crippen LogP contribution in [0.2, 0.25) is 5.02 Å². The van der Waals surface area contributed by atoms with Crippen LogP contribution in [0.15, 0.2) is 66.9 Å². The molecule has 0 saturated heterocycles. The predicted molar refractivity (Wildman–Crippen MR) is 80.2 cm³/mol. The average molecular weight is 271 g/mol. The van der Waals surface area contributed by atoms with Crippen molar-refractivity contribution in [1.82, 2.24) is 0 Å². The fraction of sp³-hybridized carbons (Fsp3) is 0.118. The van der Waals surface area contributed by atoms with E-state index in [-0.39, 0.29) is 0 Å². The smallest absolute Gasteiger partial charge is 0.112 e. The van der Waals surface area contributed by atoms with Crippen LogP contribution in [-0.4, -0.2) is 5.11 Å². The lowest BCUT2D eigenvalue weighted by molar-refractivity contribution is 0.111. The first-order chi connectivity index (χ1) is 9.03. The molecule has 0 aliphatic rings. The van der Waals surface area contributed by atoms with Crippen molar-refractivity contribution in [3.63, 3.8) is 0 Å². The Morgan fingerprint density at radius 1 is 1.05 bits per heavy atom. The summed E-state index contributed by atoms with van der Waals surface area (Å²) in [5, 5.41) is 10.9. The lowest BCUT2D eigenvalue weighted by atomic mass is 9.94. The molecule has 2 rings (SSSR count). The van der Waals surface area contributed by atoms with Gasteiger partial charge in [0.2, 0.25) is 0 Å². The molecule has 1 nitrogen and oxygen atoms in total. The second-order valence-electron chi connectivity index (χ2n) is 4.58. The highest BCUT2D eigenvalue weighted by Crippen LogP contribution is 2.26. The molecule has 0 fully saturated rings. The van der Waals surface area contributed by atoms with E-state index < -0.39 is 5.60 Å². The van der Waals surface area contributed by atoms with Gasteiger partial charge >= 0.3 is 0 Å². The molecule has 96 valence electrons. The van der Waals surface area contributed by atoms with Gasteiger partial charge in [0.25, 0.3) is 0 Å². The second kappa shape index (κ2) is 5.46. The first-order valence-corrected chi connectivity index (χ1v) is 6.36. The number of benzene rings is 2. The van der Waals surface area contributed by atoms with E-state index in [1.807, 2.05) is 48.5 Å². The van der Waals surface area contributed by atoms with Crippen molar-refractivity contribution in [2.75, 3.05) is 0 Å². The van der Waals surface area contributed by atoms with Gasteiger partial charge in [-0.2, -0.15) is 0 Å². The van der Waals surface area contributed by atoms with E-state index >= 15 is 0 Å². The van der Waals surface area contributed by atoms with Crippen LogP contribution in [0.25, 0.3) is 11.1 Å². The standard InChI is InChI=1S/C17H15ClO/c1-3-12-17(2,19)15-8-4-13(5-9-15)14-6-10-16(18)11-7-14/h4-12,19H,1H2,2H3. The van der Waals surface area contributed by atoms with Crippen molar-refractivity contribution in [1.29, 1.82) is 0 Å². The molecule has 1 N–H and O–H groups in total. The maximum atomic E-state index is 10.2. The zero-order valence-corrected chi connectivity index (χ0v) is 11.5. The lowest BCUT2D eigenvalue weighted by Gasteiger charge is -2.18. The molecular weight excluding hydrogens is 256 g/mol. The molecule has 0 amide bonds. The van der Waals surface area contributed by atoms with Crippen LogP contribution in [0.1, 0.15) is 12.5 Å². The van der Waals surface area contributed by atoms with Gasteiger partial charge in [0.15, 0.2) is 0 Å². The Kier molecular flexibility index (Phi) is 3.92. The van der Waals surface area contributed by atoms with Crippen molar-refractivity contribution in [3.05, 3.63) is 77.5 Å². The third-order valence-corrected chi connectivity index (χ3v) is 3.28. The van der Waals surface area contributed by atoms with E-state index in [4.69, 9.17) is 11.6 Å². The Balaban J connectivity index is 2.33. The molecule has 1 atom stereocenters. The first-order valence-electron chi connectivity index (χ1n) is 5.99. The molecule has 0 saturated carbocycles. The third kappa shape index (κ3) is 3.15. The highest BCUT2D eigenvalue weighted by Gasteiger charge is 2.18. The number of rotatable bonds is 3. The van der Waals surface area contributed by atoms with E-state index in [0.717, 1.165) is 21.7 Å². The van der Waals surface area contributed by atoms with Gasteiger partial charge in [-0.05, 0) is 41.8 Å². The predicted octanol–water partition coefficient (Wildman–Crippen LogP) is 4.56. The number of hydrogen-bond acceptors (Lipinski definition) is 1. The summed E-state index contributed by atoms with van der Waals surface area (Å²) >= 11 is 5.87. The van der Waals surface area contributed by atoms with Crippen LogP contribution in [0, 0.1) is 0 Å². The van der Waals surface area contributed by atoms with Crippen molar-refractivity contribution in [2.45, 2.75) is 12.5 Å². The summed E-state index contributed by atoms with van der Waals surface area (Å²) in [5.74, 6) is 0. The van der Waals surface area contributed by atoms with Gasteiger partial charge in [-0.1, -0.05) is 54.6 Å². The molecule has 19 heavy (non-hydrogen) atoms. The topological polar surface area (TPSA) is 20.2 Å². The maximum absolute atomic E-state index is 10.2. The summed E-state index contributed by atoms with van der Waals surface area (Å²) in [6.07, 6.45) is 1.55. The summed E-state index contributed by atoms with van der Waals surface area (Å²) in [6, 6.07) is 15.4. The first kappa shape index (κ1) is 13.6. The van der Waals surface area contributed by atoms with Crippen molar-refractivity contribution < 1.29 is 5.11 Å². The molecule has 2 heteroatoms. The van der Waals surface area contributed by atoms with Crippen LogP contribution < -0.4 is 0 Å². The minimum atomic E-state index is -1.04. The largest absolute Gasteiger partial charge is 0.381 e. The normalized spacial score (nSPS) is 13.4. The zero-order valence-electron chi connectivity index (χ0n) is 10.7. The quantitative estimate of drug-likeness (QED) is 0.811. The summed E-state index contributed by atoms with van der Waals surface area (Å²) in [5.41, 5.74) is 4.56. The van der Waals surface area contributed by atoms with Crippen molar-refractivity contribution in [2.24, 2.45) is 0 Å². The molecule has 2 aromatic rings. The third-order valence-electron chi connectivity index (χ3n) is 3.03. The Hall–Kier alpha value is -1.79. The van der Waals surface area contributed by atoms with Crippen LogP contribution in [-0.2, 0) is 5.60 Å². The number of aliphatic hydroxyl groups is 1. The zero-order chi connectivity index (χ0) is 13.9. The fourth-order valence-electron chi connectivity index (χ4n) is 1.92. The fourth-order valence-corrected chi connectivity index (χ4v) is 2.05. The highest BCUT2D eigenvalue weighted by molar-refractivity contribution is 6.30. The number of halogens is 1. The van der Waals surface area contributed by atoms with Crippen molar-refractivity contribution >= 4 is 11.6 Å². The van der Waals surface area contributed by atoms with E-state index in [1.165, 1.54) is 0 Å². The summed E-state index contributed by atoms with van der Waals surface area (Å²) < 4.78 is 0. The van der Waals surface area contributed by atoms with Gasteiger partial charge in [-0.3, -0.25) is 0 Å². The molecule has 1 unspecified atom stereocenters. The molecule has 0 bridgehead atoms. The molecular formula is C17H15ClO. The van der Waals surface area contributed by atoms with E-state index in [0.29, 0.717) is 0 Å². The van der Waals surface area contributed by atoms with Gasteiger partial charge in [-0.15, -0.1) is 5.73 Å². The van der Waals surface area contributed by atoms with E-state index in [9.17, 15) is 5.11 Å². The van der Waals surface area contributed by atoms with Crippen LogP contribution >= 0.6 is 11.6 Å². The monoisotopic (exact) mass is 270 g/mol. The van der Waals surface area contributed by atoms with Gasteiger partial charge < -0.3 is 5.11 Å². The summed E-state index contributed by atoms with van der Waals surface area (Å²) in [6.45, 7) is 5.20. The molecule has 0 aliphatic heterocycles. The number of hydrogen-bond donors (Lipinski definition) is 1. The Morgan fingerprint density at radius 2 is 1.53 bits per heavy atom. The van der Waals surface area contributed by atoms with Crippen LogP contribution in [0.4, 0.5) is 0 Å². The Labute approximate surface area is 118 Å². The lowest BCUT2D eigenvalue weighted by Crippen LogP contribution is -2.16. The molecule has 0 aliphatic carbocycles. The van der Waals surface area contributed by atoms with E-state index in [2.05, 4.69) is 12.3 Å². The molecule has 2 aromatic carbocycles. The SMILES string of the molecule is C=C=CC(C)(O)c1ccc(-c2ccc(Cl)cc2)cc1. The second-order valence-corrected chi connectivity index (χ2v) is 5.02. The van der Waals surface area contributed by atoms with Crippen LogP contribution in [0.5, 0.6) is 0 Å². The van der Waals surface area contributed by atoms with Crippen LogP contribution in [0.3, 0.4) is 0 Å². The highest BCUT2D eigenvalue weighted by atomic mass is 35.5. The Morgan fingerprint density at radius 3 is 2.00 bits per heavy atom. The molecule has 0 spiro atoms. The summed E-state index contributed by atoms with van der Waals surface area (Å²) in [4.78, 5) is 0. The summed E-state index contributed by atoms with van der Waals surface area (Å²) in [7, 11) is 0. The Bertz CT molecular complexity index is 603. The van der Waals surface area contributed by atoms with E-state index in [1.54, 1.807) is 13.0 Å². The van der Waals surface area contributed by atoms with Crippen molar-refractivity contribution in [3.8, 4) is 11.1 Å². The van der Waals surface area contributed by atoms with Gasteiger partial charge in [0.05, 0.1) is 0 Å². The van der Waals surface area contributed by atoms with Gasteiger partial charge in [0, 0.05) is 5.02 Å². The van der Waals surface area contributed by atoms with Gasteiger partial charge in [-0.25, -0.2) is 0 Å². The van der Waals surface area contributed by atoms with Gasteiger partial charge in [0.1, 0.15) is 5.60 Å². The molecule has 0 heterocycles. The maximum Gasteiger partial charge on any atom is 0.112 e. The molecule has 0 radical (unpaired) electrons. The minimum absolute atomic E-state index is 0.722.